The molecule has 1 amide bonds. The molecule has 3 aromatic carbocycles. The highest BCUT2D eigenvalue weighted by molar-refractivity contribution is 7.21. The summed E-state index contributed by atoms with van der Waals surface area (Å²) in [4.78, 5) is 19.2. The summed E-state index contributed by atoms with van der Waals surface area (Å²) >= 11 is 1.21. The van der Waals surface area contributed by atoms with Gasteiger partial charge in [0.2, 0.25) is 11.0 Å². The molecule has 0 unspecified atom stereocenters. The third kappa shape index (κ3) is 4.50. The van der Waals surface area contributed by atoms with Crippen LogP contribution in [-0.4, -0.2) is 30.4 Å². The minimum atomic E-state index is -0.429. The van der Waals surface area contributed by atoms with Gasteiger partial charge in [-0.25, -0.2) is 4.98 Å². The van der Waals surface area contributed by atoms with Gasteiger partial charge in [-0.2, -0.15) is 0 Å². The van der Waals surface area contributed by atoms with E-state index >= 15 is 0 Å². The Bertz CT molecular complexity index is 1830. The fraction of sp³-hybridized carbons (Fsp3) is 0.0667. The predicted molar refractivity (Wildman–Crippen MR) is 154 cm³/mol. The standard InChI is InChI=1S/C30H23N5O4S/c1-37-23-15-9-14-20(27(23)38-2)21-16-22(18-10-5-3-6-11-18)32-30-25(21)26(31)28(40-30)29(36)33-24-17-35(34-39-24)19-12-7-4-8-13-19/h3-17H,1-2H3,(H2-,31,33,34,36)/p+1. The van der Waals surface area contributed by atoms with Gasteiger partial charge in [0.1, 0.15) is 9.71 Å². The van der Waals surface area contributed by atoms with Crippen molar-refractivity contribution in [3.05, 3.63) is 96.0 Å². The average Bonchev–Trinajstić information content (AvgIpc) is 3.61. The molecule has 9 nitrogen and oxygen atoms in total. The molecule has 3 aromatic heterocycles. The van der Waals surface area contributed by atoms with Gasteiger partial charge in [0, 0.05) is 34.2 Å². The molecule has 0 saturated carbocycles. The summed E-state index contributed by atoms with van der Waals surface area (Å²) in [6.45, 7) is 0. The fourth-order valence-electron chi connectivity index (χ4n) is 4.53. The van der Waals surface area contributed by atoms with Crippen molar-refractivity contribution < 1.29 is 23.5 Å². The predicted octanol–water partition coefficient (Wildman–Crippen LogP) is 5.75. The first-order chi connectivity index (χ1) is 19.6. The SMILES string of the molecule is COc1cccc(-c2cc(-c3ccccc3)nc3sc(C(=O)Nc4c[n+](-c5ccccc5)no4)c(N)c23)c1OC. The Morgan fingerprint density at radius 2 is 1.70 bits per heavy atom. The highest BCUT2D eigenvalue weighted by Gasteiger charge is 2.25. The first-order valence-electron chi connectivity index (χ1n) is 12.3. The number of fused-ring (bicyclic) bond motifs is 1. The number of carbonyl (C=O) groups is 1. The van der Waals surface area contributed by atoms with E-state index in [0.29, 0.717) is 32.3 Å². The monoisotopic (exact) mass is 550 g/mol. The van der Waals surface area contributed by atoms with Gasteiger partial charge in [-0.15, -0.1) is 11.3 Å². The summed E-state index contributed by atoms with van der Waals surface area (Å²) in [6, 6.07) is 26.9. The molecule has 6 aromatic rings. The maximum atomic E-state index is 13.4. The Balaban J connectivity index is 1.47. The van der Waals surface area contributed by atoms with E-state index in [1.807, 2.05) is 84.9 Å². The molecule has 0 aliphatic heterocycles. The largest absolute Gasteiger partial charge is 0.493 e. The number of rotatable bonds is 7. The Morgan fingerprint density at radius 1 is 0.950 bits per heavy atom. The molecule has 40 heavy (non-hydrogen) atoms. The molecule has 10 heteroatoms. The number of methoxy groups -OCH3 is 2. The fourth-order valence-corrected chi connectivity index (χ4v) is 5.55. The first kappa shape index (κ1) is 25.1. The van der Waals surface area contributed by atoms with Crippen molar-refractivity contribution in [3.8, 4) is 39.6 Å². The quantitative estimate of drug-likeness (QED) is 0.243. The van der Waals surface area contributed by atoms with Gasteiger partial charge in [-0.3, -0.25) is 14.6 Å². The van der Waals surface area contributed by atoms with Crippen LogP contribution in [-0.2, 0) is 0 Å². The van der Waals surface area contributed by atoms with Gasteiger partial charge in [0.15, 0.2) is 11.5 Å². The second kappa shape index (κ2) is 10.5. The number of pyridine rings is 1. The maximum absolute atomic E-state index is 13.4. The van der Waals surface area contributed by atoms with Crippen molar-refractivity contribution in [3.63, 3.8) is 0 Å². The smallest absolute Gasteiger partial charge is 0.303 e. The zero-order valence-corrected chi connectivity index (χ0v) is 22.4. The van der Waals surface area contributed by atoms with Gasteiger partial charge in [0.25, 0.3) is 12.1 Å². The number of nitrogen functional groups attached to an aromatic ring is 1. The van der Waals surface area contributed by atoms with Crippen molar-refractivity contribution in [1.29, 1.82) is 0 Å². The van der Waals surface area contributed by atoms with E-state index in [1.165, 1.54) is 16.0 Å². The lowest BCUT2D eigenvalue weighted by Gasteiger charge is -2.15. The summed E-state index contributed by atoms with van der Waals surface area (Å²) in [5.41, 5.74) is 11.0. The molecule has 0 saturated heterocycles. The molecule has 0 aliphatic rings. The van der Waals surface area contributed by atoms with E-state index in [4.69, 9.17) is 24.7 Å². The second-order valence-corrected chi connectivity index (χ2v) is 9.79. The molecule has 0 radical (unpaired) electrons. The number of para-hydroxylation sites is 2. The summed E-state index contributed by atoms with van der Waals surface area (Å²) in [6.07, 6.45) is 1.59. The minimum Gasteiger partial charge on any atom is -0.493 e. The van der Waals surface area contributed by atoms with E-state index in [0.717, 1.165) is 28.1 Å². The lowest BCUT2D eigenvalue weighted by Crippen LogP contribution is -2.31. The number of hydrogen-bond donors (Lipinski definition) is 2. The normalized spacial score (nSPS) is 10.9. The number of benzene rings is 3. The van der Waals surface area contributed by atoms with E-state index in [9.17, 15) is 4.79 Å². The van der Waals surface area contributed by atoms with Crippen LogP contribution in [0.4, 0.5) is 11.6 Å². The Hall–Kier alpha value is -5.22. The Kier molecular flexibility index (Phi) is 6.59. The van der Waals surface area contributed by atoms with Gasteiger partial charge in [0.05, 0.1) is 25.6 Å². The number of carbonyl (C=O) groups excluding carboxylic acids is 1. The molecule has 3 heterocycles. The van der Waals surface area contributed by atoms with Gasteiger partial charge in [-0.1, -0.05) is 60.7 Å². The zero-order chi connectivity index (χ0) is 27.6. The second-order valence-electron chi connectivity index (χ2n) is 8.79. The topological polar surface area (TPSA) is 116 Å². The summed E-state index contributed by atoms with van der Waals surface area (Å²) < 4.78 is 18.2. The minimum absolute atomic E-state index is 0.179. The van der Waals surface area contributed by atoms with Crippen LogP contribution in [0.25, 0.3) is 38.3 Å². The lowest BCUT2D eigenvalue weighted by molar-refractivity contribution is -0.670. The lowest BCUT2D eigenvalue weighted by atomic mass is 9.98. The molecule has 198 valence electrons. The van der Waals surface area contributed by atoms with E-state index in [-0.39, 0.29) is 5.88 Å². The number of nitrogens with one attached hydrogen (secondary N) is 1. The van der Waals surface area contributed by atoms with E-state index in [2.05, 4.69) is 10.6 Å². The van der Waals surface area contributed by atoms with Crippen molar-refractivity contribution in [2.45, 2.75) is 0 Å². The number of nitrogens with two attached hydrogens (primary N) is 1. The number of hydrogen-bond acceptors (Lipinski definition) is 8. The molecule has 0 aliphatic carbocycles. The van der Waals surface area contributed by atoms with E-state index < -0.39 is 5.91 Å². The number of thiophene rings is 1. The number of aromatic nitrogens is 3. The summed E-state index contributed by atoms with van der Waals surface area (Å²) in [5.74, 6) is 0.885. The number of ether oxygens (including phenoxy) is 2. The summed E-state index contributed by atoms with van der Waals surface area (Å²) in [5, 5.41) is 7.41. The number of nitrogens with zero attached hydrogens (tertiary/aromatic N) is 3. The van der Waals surface area contributed by atoms with Crippen LogP contribution in [0.5, 0.6) is 11.5 Å². The van der Waals surface area contributed by atoms with Crippen LogP contribution in [0, 0.1) is 0 Å². The van der Waals surface area contributed by atoms with E-state index in [1.54, 1.807) is 20.4 Å². The molecular formula is C30H24N5O4S+. The maximum Gasteiger partial charge on any atom is 0.303 e. The average molecular weight is 551 g/mol. The van der Waals surface area contributed by atoms with Crippen LogP contribution in [0.3, 0.4) is 0 Å². The highest BCUT2D eigenvalue weighted by Crippen LogP contribution is 2.46. The number of amides is 1. The third-order valence-electron chi connectivity index (χ3n) is 6.39. The summed E-state index contributed by atoms with van der Waals surface area (Å²) in [7, 11) is 3.18. The molecule has 0 fully saturated rings. The molecule has 0 atom stereocenters. The molecule has 6 rings (SSSR count). The van der Waals surface area contributed by atoms with Crippen LogP contribution >= 0.6 is 11.3 Å². The van der Waals surface area contributed by atoms with Crippen LogP contribution in [0.1, 0.15) is 9.67 Å². The van der Waals surface area contributed by atoms with Crippen molar-refractivity contribution in [2.75, 3.05) is 25.3 Å². The highest BCUT2D eigenvalue weighted by atomic mass is 32.1. The Morgan fingerprint density at radius 3 is 2.42 bits per heavy atom. The molecule has 0 spiro atoms. The van der Waals surface area contributed by atoms with Crippen LogP contribution < -0.4 is 25.2 Å². The first-order valence-corrected chi connectivity index (χ1v) is 13.1. The third-order valence-corrected chi connectivity index (χ3v) is 7.49. The van der Waals surface area contributed by atoms with Gasteiger partial charge >= 0.3 is 5.88 Å². The number of anilines is 2. The molecule has 0 bridgehead atoms. The van der Waals surface area contributed by atoms with Crippen molar-refractivity contribution in [1.82, 2.24) is 10.3 Å². The van der Waals surface area contributed by atoms with Gasteiger partial charge in [-0.05, 0) is 16.8 Å². The van der Waals surface area contributed by atoms with Gasteiger partial charge < -0.3 is 15.2 Å². The molecular weight excluding hydrogens is 526 g/mol. The van der Waals surface area contributed by atoms with Crippen LogP contribution in [0.2, 0.25) is 0 Å². The molecule has 3 N–H and O–H groups in total. The van der Waals surface area contributed by atoms with Crippen molar-refractivity contribution >= 4 is 39.0 Å². The van der Waals surface area contributed by atoms with Crippen LogP contribution in [0.15, 0.2) is 95.6 Å². The van der Waals surface area contributed by atoms with Crippen molar-refractivity contribution in [2.24, 2.45) is 0 Å². The zero-order valence-electron chi connectivity index (χ0n) is 21.6. The Labute approximate surface area is 233 Å².